The molecule has 1 unspecified atom stereocenters. The van der Waals surface area contributed by atoms with Gasteiger partial charge >= 0.3 is 0 Å². The van der Waals surface area contributed by atoms with Crippen molar-refractivity contribution in [2.24, 2.45) is 11.1 Å². The molecule has 31 heavy (non-hydrogen) atoms. The second-order valence-corrected chi connectivity index (χ2v) is 9.70. The van der Waals surface area contributed by atoms with Gasteiger partial charge in [0.25, 0.3) is 0 Å². The van der Waals surface area contributed by atoms with E-state index in [-0.39, 0.29) is 11.8 Å². The fraction of sp³-hybridized carbons (Fsp3) is 0.680. The van der Waals surface area contributed by atoms with Crippen LogP contribution in [-0.4, -0.2) is 67.0 Å². The number of carbonyl (C=O) groups excluding carboxylic acids is 2. The Bertz CT molecular complexity index is 782. The van der Waals surface area contributed by atoms with Gasteiger partial charge in [-0.1, -0.05) is 24.3 Å². The summed E-state index contributed by atoms with van der Waals surface area (Å²) in [5, 5.41) is 0. The third-order valence-electron chi connectivity index (χ3n) is 7.88. The predicted octanol–water partition coefficient (Wildman–Crippen LogP) is 2.70. The summed E-state index contributed by atoms with van der Waals surface area (Å²) in [5.41, 5.74) is 8.08. The lowest BCUT2D eigenvalue weighted by Gasteiger charge is -2.44. The Balaban J connectivity index is 1.49. The standard InChI is InChI=1S/C25H37N3O3/c1-19(29)28-12-4-6-21(18-28)23-7-3-2-5-20(23)17-25(24(26)30)10-13-27(14-11-25)22-8-15-31-16-9-22/h2-3,5,7,21-22H,4,6,8-18H2,1H3,(H2,26,30). The van der Waals surface area contributed by atoms with Gasteiger partial charge < -0.3 is 20.3 Å². The molecule has 0 bridgehead atoms. The molecule has 0 radical (unpaired) electrons. The molecule has 6 heteroatoms. The highest BCUT2D eigenvalue weighted by molar-refractivity contribution is 5.81. The Kier molecular flexibility index (Phi) is 6.97. The first-order chi connectivity index (χ1) is 15.0. The van der Waals surface area contributed by atoms with E-state index in [0.29, 0.717) is 18.4 Å². The lowest BCUT2D eigenvalue weighted by molar-refractivity contribution is -0.131. The first-order valence-electron chi connectivity index (χ1n) is 11.9. The summed E-state index contributed by atoms with van der Waals surface area (Å²) in [4.78, 5) is 29.2. The maximum Gasteiger partial charge on any atom is 0.224 e. The third kappa shape index (κ3) is 4.96. The fourth-order valence-electron chi connectivity index (χ4n) is 5.85. The lowest BCUT2D eigenvalue weighted by Crippen LogP contribution is -2.52. The summed E-state index contributed by atoms with van der Waals surface area (Å²) in [6.07, 6.45) is 6.62. The number of likely N-dealkylation sites (tertiary alicyclic amines) is 2. The highest BCUT2D eigenvalue weighted by atomic mass is 16.5. The van der Waals surface area contributed by atoms with E-state index in [1.54, 1.807) is 6.92 Å². The van der Waals surface area contributed by atoms with E-state index in [4.69, 9.17) is 10.5 Å². The monoisotopic (exact) mass is 427 g/mol. The van der Waals surface area contributed by atoms with Gasteiger partial charge in [0.1, 0.15) is 0 Å². The molecule has 170 valence electrons. The van der Waals surface area contributed by atoms with Crippen LogP contribution in [0, 0.1) is 5.41 Å². The first-order valence-corrected chi connectivity index (χ1v) is 11.9. The van der Waals surface area contributed by atoms with E-state index in [1.807, 2.05) is 4.90 Å². The van der Waals surface area contributed by atoms with E-state index >= 15 is 0 Å². The molecule has 0 spiro atoms. The van der Waals surface area contributed by atoms with Gasteiger partial charge in [-0.05, 0) is 69.2 Å². The Morgan fingerprint density at radius 1 is 1.10 bits per heavy atom. The van der Waals surface area contributed by atoms with Crippen LogP contribution in [0.25, 0.3) is 0 Å². The van der Waals surface area contributed by atoms with E-state index in [0.717, 1.165) is 77.9 Å². The van der Waals surface area contributed by atoms with Crippen molar-refractivity contribution < 1.29 is 14.3 Å². The molecule has 4 rings (SSSR count). The molecule has 3 heterocycles. The average molecular weight is 428 g/mol. The number of nitrogens with two attached hydrogens (primary N) is 1. The predicted molar refractivity (Wildman–Crippen MR) is 121 cm³/mol. The van der Waals surface area contributed by atoms with Crippen LogP contribution in [0.15, 0.2) is 24.3 Å². The number of amides is 2. The SMILES string of the molecule is CC(=O)N1CCCC(c2ccccc2CC2(C(N)=O)CCN(C3CCOCC3)CC2)C1. The minimum Gasteiger partial charge on any atom is -0.381 e. The number of hydrogen-bond acceptors (Lipinski definition) is 4. The second-order valence-electron chi connectivity index (χ2n) is 9.70. The zero-order chi connectivity index (χ0) is 21.8. The lowest BCUT2D eigenvalue weighted by atomic mass is 9.71. The maximum absolute atomic E-state index is 12.7. The van der Waals surface area contributed by atoms with Crippen molar-refractivity contribution in [3.63, 3.8) is 0 Å². The van der Waals surface area contributed by atoms with Gasteiger partial charge in [0, 0.05) is 45.2 Å². The van der Waals surface area contributed by atoms with Crippen molar-refractivity contribution in [2.45, 2.75) is 63.8 Å². The normalized spacial score (nSPS) is 25.3. The average Bonchev–Trinajstić information content (AvgIpc) is 2.80. The van der Waals surface area contributed by atoms with Crippen LogP contribution in [-0.2, 0) is 20.7 Å². The van der Waals surface area contributed by atoms with Crippen molar-refractivity contribution in [2.75, 3.05) is 39.4 Å². The zero-order valence-corrected chi connectivity index (χ0v) is 18.9. The van der Waals surface area contributed by atoms with Gasteiger partial charge in [-0.2, -0.15) is 0 Å². The van der Waals surface area contributed by atoms with Crippen LogP contribution in [0.3, 0.4) is 0 Å². The molecule has 1 aromatic rings. The van der Waals surface area contributed by atoms with E-state index in [9.17, 15) is 9.59 Å². The summed E-state index contributed by atoms with van der Waals surface area (Å²) in [7, 11) is 0. The Morgan fingerprint density at radius 2 is 1.81 bits per heavy atom. The molecule has 6 nitrogen and oxygen atoms in total. The van der Waals surface area contributed by atoms with E-state index < -0.39 is 5.41 Å². The first kappa shape index (κ1) is 22.3. The molecule has 1 aromatic carbocycles. The van der Waals surface area contributed by atoms with Gasteiger partial charge in [0.05, 0.1) is 5.41 Å². The van der Waals surface area contributed by atoms with Crippen LogP contribution in [0.2, 0.25) is 0 Å². The number of rotatable bonds is 5. The number of nitrogens with zero attached hydrogens (tertiary/aromatic N) is 2. The van der Waals surface area contributed by atoms with Crippen LogP contribution in [0.1, 0.15) is 62.5 Å². The molecule has 3 aliphatic rings. The van der Waals surface area contributed by atoms with Crippen LogP contribution in [0.5, 0.6) is 0 Å². The van der Waals surface area contributed by atoms with Crippen molar-refractivity contribution in [3.05, 3.63) is 35.4 Å². The van der Waals surface area contributed by atoms with Crippen molar-refractivity contribution in [1.29, 1.82) is 0 Å². The third-order valence-corrected chi connectivity index (χ3v) is 7.88. The van der Waals surface area contributed by atoms with Crippen molar-refractivity contribution >= 4 is 11.8 Å². The van der Waals surface area contributed by atoms with Crippen LogP contribution in [0.4, 0.5) is 0 Å². The van der Waals surface area contributed by atoms with E-state index in [1.165, 1.54) is 11.1 Å². The van der Waals surface area contributed by atoms with Gasteiger partial charge in [-0.3, -0.25) is 9.59 Å². The fourth-order valence-corrected chi connectivity index (χ4v) is 5.85. The van der Waals surface area contributed by atoms with Crippen molar-refractivity contribution in [3.8, 4) is 0 Å². The number of piperidine rings is 2. The Labute approximate surface area is 186 Å². The minimum absolute atomic E-state index is 0.149. The number of hydrogen-bond donors (Lipinski definition) is 1. The number of carbonyl (C=O) groups is 2. The topological polar surface area (TPSA) is 75.9 Å². The van der Waals surface area contributed by atoms with Crippen LogP contribution < -0.4 is 5.73 Å². The Hall–Kier alpha value is -1.92. The van der Waals surface area contributed by atoms with Gasteiger partial charge in [-0.15, -0.1) is 0 Å². The molecule has 0 aliphatic carbocycles. The van der Waals surface area contributed by atoms with Crippen molar-refractivity contribution in [1.82, 2.24) is 9.80 Å². The number of primary amides is 1. The summed E-state index contributed by atoms with van der Waals surface area (Å²) < 4.78 is 5.52. The summed E-state index contributed by atoms with van der Waals surface area (Å²) >= 11 is 0. The summed E-state index contributed by atoms with van der Waals surface area (Å²) in [5.74, 6) is 0.320. The highest BCUT2D eigenvalue weighted by Crippen LogP contribution is 2.39. The quantitative estimate of drug-likeness (QED) is 0.784. The highest BCUT2D eigenvalue weighted by Gasteiger charge is 2.42. The molecule has 2 amide bonds. The smallest absolute Gasteiger partial charge is 0.224 e. The Morgan fingerprint density at radius 3 is 2.48 bits per heavy atom. The van der Waals surface area contributed by atoms with E-state index in [2.05, 4.69) is 29.2 Å². The minimum atomic E-state index is -0.479. The molecule has 1 atom stereocenters. The molecular weight excluding hydrogens is 390 g/mol. The van der Waals surface area contributed by atoms with Gasteiger partial charge in [0.2, 0.25) is 11.8 Å². The molecule has 2 N–H and O–H groups in total. The summed E-state index contributed by atoms with van der Waals surface area (Å²) in [6, 6.07) is 9.08. The molecular formula is C25H37N3O3. The number of ether oxygens (including phenoxy) is 1. The van der Waals surface area contributed by atoms with Crippen LogP contribution >= 0.6 is 0 Å². The zero-order valence-electron chi connectivity index (χ0n) is 18.9. The van der Waals surface area contributed by atoms with Gasteiger partial charge in [-0.25, -0.2) is 0 Å². The summed E-state index contributed by atoms with van der Waals surface area (Å²) in [6.45, 7) is 6.81. The molecule has 3 fully saturated rings. The molecule has 0 saturated carbocycles. The molecule has 0 aromatic heterocycles. The largest absolute Gasteiger partial charge is 0.381 e. The molecule has 3 aliphatic heterocycles. The van der Waals surface area contributed by atoms with Gasteiger partial charge in [0.15, 0.2) is 0 Å². The number of benzene rings is 1. The molecule has 3 saturated heterocycles. The maximum atomic E-state index is 12.7. The second kappa shape index (κ2) is 9.70.